The third kappa shape index (κ3) is 3.02. The second-order valence-corrected chi connectivity index (χ2v) is 12.4. The van der Waals surface area contributed by atoms with Crippen molar-refractivity contribution in [3.8, 4) is 27.3 Å². The van der Waals surface area contributed by atoms with Crippen molar-refractivity contribution in [2.75, 3.05) is 23.1 Å². The van der Waals surface area contributed by atoms with Gasteiger partial charge in [0.05, 0.1) is 11.6 Å². The monoisotopic (exact) mass is 579 g/mol. The maximum Gasteiger partial charge on any atom is 0.280 e. The average Bonchev–Trinajstić information content (AvgIpc) is 3.30. The molecule has 1 saturated heterocycles. The number of rotatable bonds is 1. The number of thioether (sulfide) groups is 1. The van der Waals surface area contributed by atoms with Crippen LogP contribution < -0.4 is 10.4 Å². The molecule has 4 aromatic rings. The molecule has 4 heterocycles. The Morgan fingerprint density at radius 2 is 1.85 bits per heavy atom. The highest BCUT2D eigenvalue weighted by Gasteiger charge is 2.50. The molecule has 1 N–H and O–H groups in total. The zero-order chi connectivity index (χ0) is 27.5. The van der Waals surface area contributed by atoms with Gasteiger partial charge in [0.15, 0.2) is 11.4 Å². The second kappa shape index (κ2) is 8.17. The van der Waals surface area contributed by atoms with Gasteiger partial charge in [-0.05, 0) is 33.7 Å². The van der Waals surface area contributed by atoms with Crippen LogP contribution in [0.1, 0.15) is 38.8 Å². The third-order valence-corrected chi connectivity index (χ3v) is 10.4. The van der Waals surface area contributed by atoms with E-state index in [9.17, 15) is 14.7 Å². The van der Waals surface area contributed by atoms with Crippen molar-refractivity contribution in [1.29, 1.82) is 0 Å². The fraction of sp³-hybridized carbons (Fsp3) is 0.241. The van der Waals surface area contributed by atoms with Crippen molar-refractivity contribution in [2.24, 2.45) is 0 Å². The van der Waals surface area contributed by atoms with Gasteiger partial charge in [-0.1, -0.05) is 30.3 Å². The summed E-state index contributed by atoms with van der Waals surface area (Å²) < 4.78 is 48.2. The van der Waals surface area contributed by atoms with Crippen molar-refractivity contribution in [1.82, 2.24) is 9.58 Å². The minimum Gasteiger partial charge on any atom is -0.502 e. The summed E-state index contributed by atoms with van der Waals surface area (Å²) in [5.74, 6) is -4.30. The fourth-order valence-corrected chi connectivity index (χ4v) is 8.86. The molecule has 2 atom stereocenters. The molecular formula is C29H20F3N3O3S2. The van der Waals surface area contributed by atoms with Crippen LogP contribution in [0.15, 0.2) is 58.8 Å². The van der Waals surface area contributed by atoms with E-state index in [1.54, 1.807) is 28.1 Å². The Bertz CT molecular complexity index is 1830. The molecule has 0 spiro atoms. The summed E-state index contributed by atoms with van der Waals surface area (Å²) in [7, 11) is 0. The van der Waals surface area contributed by atoms with E-state index in [2.05, 4.69) is 0 Å². The van der Waals surface area contributed by atoms with Gasteiger partial charge in [0.2, 0.25) is 5.43 Å². The first-order chi connectivity index (χ1) is 19.3. The Hall–Kier alpha value is -3.70. The molecule has 0 saturated carbocycles. The summed E-state index contributed by atoms with van der Waals surface area (Å²) in [6, 6.07) is 10.7. The number of carbonyl (C=O) groups is 1. The maximum atomic E-state index is 15.7. The van der Waals surface area contributed by atoms with E-state index in [1.165, 1.54) is 28.3 Å². The largest absolute Gasteiger partial charge is 0.502 e. The highest BCUT2D eigenvalue weighted by atomic mass is 32.2. The zero-order valence-corrected chi connectivity index (χ0v) is 22.4. The smallest absolute Gasteiger partial charge is 0.280 e. The first-order valence-corrected chi connectivity index (χ1v) is 14.8. The standard InChI is InChI=1S/C29H20F3N3O3S2/c30-18-6-5-17-22-21-14(11-29(31,32)23(18)22)12-40-27(21)16-4-2-1-3-15(16)24(17)35-20-13-39-10-9-33(20)28(38)25-26(37)19(36)7-8-34(25)35/h1-8,12,20,24,37H,9-11,13H2. The lowest BCUT2D eigenvalue weighted by molar-refractivity contribution is -0.00824. The Morgan fingerprint density at radius 3 is 2.70 bits per heavy atom. The Morgan fingerprint density at radius 1 is 1.02 bits per heavy atom. The van der Waals surface area contributed by atoms with Gasteiger partial charge in [0, 0.05) is 52.7 Å². The number of fused-ring (bicyclic) bond motifs is 4. The predicted octanol–water partition coefficient (Wildman–Crippen LogP) is 5.31. The van der Waals surface area contributed by atoms with Crippen LogP contribution in [0.2, 0.25) is 0 Å². The quantitative estimate of drug-likeness (QED) is 0.331. The minimum absolute atomic E-state index is 0.172. The van der Waals surface area contributed by atoms with Crippen LogP contribution in [0, 0.1) is 5.82 Å². The van der Waals surface area contributed by atoms with Gasteiger partial charge in [0.25, 0.3) is 11.8 Å². The number of hydrogen-bond donors (Lipinski definition) is 1. The van der Waals surface area contributed by atoms with Gasteiger partial charge in [0.1, 0.15) is 12.0 Å². The van der Waals surface area contributed by atoms with Gasteiger partial charge >= 0.3 is 0 Å². The predicted molar refractivity (Wildman–Crippen MR) is 147 cm³/mol. The molecule has 2 aliphatic carbocycles. The van der Waals surface area contributed by atoms with Gasteiger partial charge in [-0.15, -0.1) is 11.3 Å². The number of alkyl halides is 2. The Kier molecular flexibility index (Phi) is 4.93. The van der Waals surface area contributed by atoms with Crippen molar-refractivity contribution in [2.45, 2.75) is 24.6 Å². The Labute approximate surface area is 234 Å². The molecule has 40 heavy (non-hydrogen) atoms. The summed E-state index contributed by atoms with van der Waals surface area (Å²) in [6.45, 7) is 0.388. The maximum absolute atomic E-state index is 15.7. The Balaban J connectivity index is 1.51. The fourth-order valence-electron chi connectivity index (χ4n) is 6.70. The molecule has 11 heteroatoms. The van der Waals surface area contributed by atoms with Crippen LogP contribution in [-0.2, 0) is 12.3 Å². The van der Waals surface area contributed by atoms with Crippen molar-refractivity contribution in [3.63, 3.8) is 0 Å². The summed E-state index contributed by atoms with van der Waals surface area (Å²) >= 11 is 3.02. The van der Waals surface area contributed by atoms with Crippen molar-refractivity contribution < 1.29 is 23.1 Å². The topological polar surface area (TPSA) is 65.8 Å². The van der Waals surface area contributed by atoms with Gasteiger partial charge in [-0.3, -0.25) is 19.3 Å². The van der Waals surface area contributed by atoms with Crippen molar-refractivity contribution >= 4 is 29.0 Å². The lowest BCUT2D eigenvalue weighted by atomic mass is 9.80. The zero-order valence-electron chi connectivity index (χ0n) is 20.7. The van der Waals surface area contributed by atoms with E-state index >= 15 is 13.2 Å². The lowest BCUT2D eigenvalue weighted by Crippen LogP contribution is -2.65. The molecule has 4 aliphatic rings. The molecule has 8 rings (SSSR count). The van der Waals surface area contributed by atoms with Crippen LogP contribution in [0.25, 0.3) is 21.6 Å². The number of halogens is 3. The number of benzene rings is 2. The molecule has 0 radical (unpaired) electrons. The first kappa shape index (κ1) is 24.1. The number of nitrogens with zero attached hydrogens (tertiary/aromatic N) is 3. The number of aromatic nitrogens is 1. The molecule has 2 aliphatic heterocycles. The molecule has 202 valence electrons. The van der Waals surface area contributed by atoms with Crippen LogP contribution in [0.4, 0.5) is 13.2 Å². The van der Waals surface area contributed by atoms with E-state index in [1.807, 2.05) is 29.3 Å². The third-order valence-electron chi connectivity index (χ3n) is 8.32. The van der Waals surface area contributed by atoms with Crippen LogP contribution in [-0.4, -0.2) is 44.8 Å². The first-order valence-electron chi connectivity index (χ1n) is 12.8. The summed E-state index contributed by atoms with van der Waals surface area (Å²) in [4.78, 5) is 28.5. The van der Waals surface area contributed by atoms with E-state index in [-0.39, 0.29) is 11.3 Å². The molecular weight excluding hydrogens is 559 g/mol. The molecule has 6 nitrogen and oxygen atoms in total. The van der Waals surface area contributed by atoms with Gasteiger partial charge < -0.3 is 10.0 Å². The molecule has 1 fully saturated rings. The average molecular weight is 580 g/mol. The number of pyridine rings is 1. The number of thiophene rings is 1. The second-order valence-electron chi connectivity index (χ2n) is 10.4. The van der Waals surface area contributed by atoms with E-state index in [4.69, 9.17) is 0 Å². The van der Waals surface area contributed by atoms with Crippen LogP contribution in [0.5, 0.6) is 5.75 Å². The molecule has 1 amide bonds. The van der Waals surface area contributed by atoms with Crippen LogP contribution >= 0.6 is 23.1 Å². The van der Waals surface area contributed by atoms with Gasteiger partial charge in [-0.2, -0.15) is 11.8 Å². The number of hydrogen-bond acceptors (Lipinski definition) is 6. The van der Waals surface area contributed by atoms with Crippen molar-refractivity contribution in [3.05, 3.63) is 98.0 Å². The highest BCUT2D eigenvalue weighted by Crippen LogP contribution is 2.58. The number of carbonyl (C=O) groups excluding carboxylic acids is 1. The summed E-state index contributed by atoms with van der Waals surface area (Å²) in [5, 5.41) is 14.4. The molecule has 2 aromatic carbocycles. The highest BCUT2D eigenvalue weighted by molar-refractivity contribution is 7.99. The molecule has 2 aromatic heterocycles. The summed E-state index contributed by atoms with van der Waals surface area (Å²) in [5.41, 5.74) is 1.94. The lowest BCUT2D eigenvalue weighted by Gasteiger charge is -2.51. The number of amides is 1. The van der Waals surface area contributed by atoms with E-state index < -0.39 is 53.0 Å². The van der Waals surface area contributed by atoms with Gasteiger partial charge in [-0.25, -0.2) is 13.2 Å². The molecule has 0 bridgehead atoms. The van der Waals surface area contributed by atoms with E-state index in [0.717, 1.165) is 22.1 Å². The molecule has 2 unspecified atom stereocenters. The van der Waals surface area contributed by atoms with Crippen LogP contribution in [0.3, 0.4) is 0 Å². The minimum atomic E-state index is -3.41. The van der Waals surface area contributed by atoms with E-state index in [0.29, 0.717) is 34.7 Å². The summed E-state index contributed by atoms with van der Waals surface area (Å²) in [6.07, 6.45) is 0.354. The number of aromatic hydroxyl groups is 1. The normalized spacial score (nSPS) is 21.7. The SMILES string of the molecule is O=C1c2c(O)c(=O)ccn2N(C2c3ccccc3-c3scc4c3-c3c2ccc(F)c3C(F)(F)C4)C2CSCCN12.